The number of hydrogen-bond acceptors (Lipinski definition) is 2. The summed E-state index contributed by atoms with van der Waals surface area (Å²) in [5.74, 6) is 1.15. The van der Waals surface area contributed by atoms with Crippen molar-refractivity contribution in [1.29, 1.82) is 0 Å². The van der Waals surface area contributed by atoms with Crippen LogP contribution in [0.2, 0.25) is 0 Å². The average molecular weight is 351 g/mol. The molecule has 2 aromatic rings. The summed E-state index contributed by atoms with van der Waals surface area (Å²) in [6.45, 7) is 1.14. The second kappa shape index (κ2) is 6.48. The monoisotopic (exact) mass is 350 g/mol. The smallest absolute Gasteiger partial charge is 0.165 e. The van der Waals surface area contributed by atoms with Gasteiger partial charge in [0, 0.05) is 16.8 Å². The molecule has 0 spiro atoms. The molecule has 3 rings (SSSR count). The van der Waals surface area contributed by atoms with Gasteiger partial charge >= 0.3 is 0 Å². The van der Waals surface area contributed by atoms with Crippen LogP contribution in [0.1, 0.15) is 23.5 Å². The third kappa shape index (κ3) is 3.21. The van der Waals surface area contributed by atoms with E-state index in [0.717, 1.165) is 23.3 Å². The molecule has 0 fully saturated rings. The van der Waals surface area contributed by atoms with Crippen LogP contribution < -0.4 is 9.47 Å². The largest absolute Gasteiger partial charge is 0.493 e. The molecule has 0 amide bonds. The summed E-state index contributed by atoms with van der Waals surface area (Å²) in [4.78, 5) is 0. The second-order valence-corrected chi connectivity index (χ2v) is 5.64. The summed E-state index contributed by atoms with van der Waals surface area (Å²) in [5, 5.41) is 0.636. The van der Waals surface area contributed by atoms with Gasteiger partial charge in [0.05, 0.1) is 13.2 Å². The maximum absolute atomic E-state index is 13.9. The Morgan fingerprint density at radius 2 is 2.10 bits per heavy atom. The van der Waals surface area contributed by atoms with Crippen LogP contribution in [0.5, 0.6) is 11.5 Å². The number of alkyl halides is 1. The summed E-state index contributed by atoms with van der Waals surface area (Å²) in [7, 11) is 0. The maximum Gasteiger partial charge on any atom is 0.165 e. The predicted octanol–water partition coefficient (Wildman–Crippen LogP) is 4.67. The zero-order chi connectivity index (χ0) is 14.7. The van der Waals surface area contributed by atoms with Gasteiger partial charge in [0.2, 0.25) is 0 Å². The predicted molar refractivity (Wildman–Crippen MR) is 83.8 cm³/mol. The highest BCUT2D eigenvalue weighted by Crippen LogP contribution is 2.34. The quantitative estimate of drug-likeness (QED) is 0.746. The summed E-state index contributed by atoms with van der Waals surface area (Å²) in [5.41, 5.74) is 2.04. The molecule has 2 nitrogen and oxygen atoms in total. The number of ether oxygens (including phenoxy) is 2. The fourth-order valence-electron chi connectivity index (χ4n) is 2.52. The van der Waals surface area contributed by atoms with Crippen LogP contribution in [0.15, 0.2) is 42.5 Å². The Kier molecular flexibility index (Phi) is 4.44. The van der Waals surface area contributed by atoms with E-state index in [1.54, 1.807) is 6.07 Å². The molecule has 1 atom stereocenters. The van der Waals surface area contributed by atoms with Gasteiger partial charge in [-0.1, -0.05) is 40.2 Å². The highest BCUT2D eigenvalue weighted by atomic mass is 79.9. The molecule has 1 aliphatic heterocycles. The van der Waals surface area contributed by atoms with Crippen LogP contribution in [-0.2, 0) is 5.33 Å². The normalized spacial score (nSPS) is 17.0. The molecule has 0 radical (unpaired) electrons. The van der Waals surface area contributed by atoms with Crippen LogP contribution >= 0.6 is 15.9 Å². The first kappa shape index (κ1) is 14.4. The van der Waals surface area contributed by atoms with E-state index in [4.69, 9.17) is 9.47 Å². The number of halogens is 2. The third-order valence-electron chi connectivity index (χ3n) is 3.67. The topological polar surface area (TPSA) is 18.5 Å². The van der Waals surface area contributed by atoms with E-state index in [1.807, 2.05) is 30.3 Å². The van der Waals surface area contributed by atoms with E-state index in [0.29, 0.717) is 24.3 Å². The van der Waals surface area contributed by atoms with Crippen LogP contribution in [0.25, 0.3) is 0 Å². The zero-order valence-corrected chi connectivity index (χ0v) is 13.1. The Labute approximate surface area is 132 Å². The summed E-state index contributed by atoms with van der Waals surface area (Å²) >= 11 is 3.31. The van der Waals surface area contributed by atoms with Gasteiger partial charge in [-0.2, -0.15) is 0 Å². The Hall–Kier alpha value is -1.55. The van der Waals surface area contributed by atoms with Crippen molar-refractivity contribution in [3.8, 4) is 11.5 Å². The maximum atomic E-state index is 13.9. The van der Waals surface area contributed by atoms with Crippen LogP contribution in [0.3, 0.4) is 0 Å². The molecule has 0 saturated carbocycles. The van der Waals surface area contributed by atoms with Crippen LogP contribution in [0.4, 0.5) is 4.39 Å². The molecular weight excluding hydrogens is 335 g/mol. The molecule has 0 bridgehead atoms. The van der Waals surface area contributed by atoms with Crippen molar-refractivity contribution < 1.29 is 13.9 Å². The molecule has 2 aromatic carbocycles. The summed E-state index contributed by atoms with van der Waals surface area (Å²) < 4.78 is 25.2. The molecule has 1 aliphatic rings. The van der Waals surface area contributed by atoms with Crippen molar-refractivity contribution in [2.45, 2.75) is 17.7 Å². The van der Waals surface area contributed by atoms with Gasteiger partial charge in [-0.3, -0.25) is 0 Å². The minimum absolute atomic E-state index is 0.241. The summed E-state index contributed by atoms with van der Waals surface area (Å²) in [6.07, 6.45) is 0.887. The fraction of sp³-hybridized carbons (Fsp3) is 0.294. The van der Waals surface area contributed by atoms with Crippen molar-refractivity contribution in [2.24, 2.45) is 0 Å². The zero-order valence-electron chi connectivity index (χ0n) is 11.5. The minimum Gasteiger partial charge on any atom is -0.493 e. The molecule has 0 saturated heterocycles. The first-order valence-corrected chi connectivity index (χ1v) is 8.09. The molecule has 0 aromatic heterocycles. The number of benzene rings is 2. The molecule has 110 valence electrons. The lowest BCUT2D eigenvalue weighted by Crippen LogP contribution is -2.19. The van der Waals surface area contributed by atoms with Crippen molar-refractivity contribution in [3.63, 3.8) is 0 Å². The molecule has 1 unspecified atom stereocenters. The molecular formula is C17H16BrFO2. The number of hydrogen-bond donors (Lipinski definition) is 0. The Balaban J connectivity index is 1.71. The molecule has 1 heterocycles. The molecule has 0 N–H and O–H groups in total. The first-order chi connectivity index (χ1) is 10.3. The Morgan fingerprint density at radius 3 is 2.90 bits per heavy atom. The number of rotatable bonds is 4. The van der Waals surface area contributed by atoms with Crippen LogP contribution in [-0.4, -0.2) is 13.2 Å². The van der Waals surface area contributed by atoms with Gasteiger partial charge in [0.1, 0.15) is 5.75 Å². The van der Waals surface area contributed by atoms with E-state index in [2.05, 4.69) is 15.9 Å². The minimum atomic E-state index is -0.313. The van der Waals surface area contributed by atoms with Gasteiger partial charge in [0.25, 0.3) is 0 Å². The molecule has 0 aliphatic carbocycles. The lowest BCUT2D eigenvalue weighted by molar-refractivity contribution is 0.213. The SMILES string of the molecule is Fc1cc(CBr)ccc1OCC1CCOc2ccccc21. The van der Waals surface area contributed by atoms with Gasteiger partial charge in [-0.05, 0) is 30.2 Å². The van der Waals surface area contributed by atoms with E-state index in [-0.39, 0.29) is 11.7 Å². The fourth-order valence-corrected chi connectivity index (χ4v) is 2.87. The third-order valence-corrected chi connectivity index (χ3v) is 4.32. The molecule has 21 heavy (non-hydrogen) atoms. The standard InChI is InChI=1S/C17H16BrFO2/c18-10-12-5-6-17(15(19)9-12)21-11-13-7-8-20-16-4-2-1-3-14(13)16/h1-6,9,13H,7-8,10-11H2. The highest BCUT2D eigenvalue weighted by molar-refractivity contribution is 9.08. The van der Waals surface area contributed by atoms with E-state index < -0.39 is 0 Å². The van der Waals surface area contributed by atoms with Crippen molar-refractivity contribution >= 4 is 15.9 Å². The van der Waals surface area contributed by atoms with Crippen molar-refractivity contribution in [3.05, 3.63) is 59.4 Å². The van der Waals surface area contributed by atoms with Crippen molar-refractivity contribution in [1.82, 2.24) is 0 Å². The Morgan fingerprint density at radius 1 is 1.24 bits per heavy atom. The van der Waals surface area contributed by atoms with Gasteiger partial charge in [0.15, 0.2) is 11.6 Å². The Bertz CT molecular complexity index is 630. The van der Waals surface area contributed by atoms with Gasteiger partial charge < -0.3 is 9.47 Å². The number of fused-ring (bicyclic) bond motifs is 1. The van der Waals surface area contributed by atoms with Crippen LogP contribution in [0, 0.1) is 5.82 Å². The lowest BCUT2D eigenvalue weighted by atomic mass is 9.94. The van der Waals surface area contributed by atoms with Gasteiger partial charge in [-0.25, -0.2) is 4.39 Å². The summed E-state index contributed by atoms with van der Waals surface area (Å²) in [6, 6.07) is 13.0. The van der Waals surface area contributed by atoms with E-state index in [9.17, 15) is 4.39 Å². The van der Waals surface area contributed by atoms with Crippen molar-refractivity contribution in [2.75, 3.05) is 13.2 Å². The number of para-hydroxylation sites is 1. The van der Waals surface area contributed by atoms with E-state index in [1.165, 1.54) is 6.07 Å². The second-order valence-electron chi connectivity index (χ2n) is 5.08. The van der Waals surface area contributed by atoms with E-state index >= 15 is 0 Å². The lowest BCUT2D eigenvalue weighted by Gasteiger charge is -2.25. The van der Waals surface area contributed by atoms with Gasteiger partial charge in [-0.15, -0.1) is 0 Å². The first-order valence-electron chi connectivity index (χ1n) is 6.97. The average Bonchev–Trinajstić information content (AvgIpc) is 2.53. The molecule has 4 heteroatoms. The highest BCUT2D eigenvalue weighted by Gasteiger charge is 2.22.